The fourth-order valence-corrected chi connectivity index (χ4v) is 4.14. The zero-order valence-corrected chi connectivity index (χ0v) is 17.7. The molecule has 30 heavy (non-hydrogen) atoms. The summed E-state index contributed by atoms with van der Waals surface area (Å²) in [6.07, 6.45) is 2.63. The van der Waals surface area contributed by atoms with Crippen LogP contribution < -0.4 is 19.5 Å². The van der Waals surface area contributed by atoms with Gasteiger partial charge in [0.1, 0.15) is 10.7 Å². The third-order valence-electron chi connectivity index (χ3n) is 4.23. The second-order valence-corrected chi connectivity index (χ2v) is 8.16. The van der Waals surface area contributed by atoms with E-state index in [-0.39, 0.29) is 33.4 Å². The molecule has 3 rings (SSSR count). The summed E-state index contributed by atoms with van der Waals surface area (Å²) in [5.41, 5.74) is 0.754. The van der Waals surface area contributed by atoms with Gasteiger partial charge in [-0.1, -0.05) is 17.7 Å². The van der Waals surface area contributed by atoms with Gasteiger partial charge in [-0.15, -0.1) is 0 Å². The highest BCUT2D eigenvalue weighted by molar-refractivity contribution is 7.92. The number of anilines is 2. The van der Waals surface area contributed by atoms with E-state index in [9.17, 15) is 12.8 Å². The number of hydrogen-bond donors (Lipinski definition) is 2. The lowest BCUT2D eigenvalue weighted by Gasteiger charge is -2.15. The van der Waals surface area contributed by atoms with E-state index in [0.29, 0.717) is 11.5 Å². The molecule has 3 aromatic rings. The molecule has 1 heterocycles. The molecule has 2 N–H and O–H groups in total. The lowest BCUT2D eigenvalue weighted by atomic mass is 10.2. The molecule has 0 unspecified atom stereocenters. The number of hydrogen-bond acceptors (Lipinski definition) is 6. The summed E-state index contributed by atoms with van der Waals surface area (Å²) in [5.74, 6) is 0.347. The number of ether oxygens (including phenoxy) is 2. The van der Waals surface area contributed by atoms with Crippen molar-refractivity contribution >= 4 is 33.0 Å². The van der Waals surface area contributed by atoms with Gasteiger partial charge in [0.25, 0.3) is 10.0 Å². The van der Waals surface area contributed by atoms with Crippen LogP contribution in [-0.2, 0) is 16.6 Å². The zero-order chi connectivity index (χ0) is 21.7. The fourth-order valence-electron chi connectivity index (χ4n) is 2.73. The summed E-state index contributed by atoms with van der Waals surface area (Å²) in [4.78, 5) is 3.80. The Balaban J connectivity index is 1.87. The van der Waals surface area contributed by atoms with E-state index in [2.05, 4.69) is 15.0 Å². The molecule has 0 spiro atoms. The van der Waals surface area contributed by atoms with Gasteiger partial charge in [-0.3, -0.25) is 9.71 Å². The Kier molecular flexibility index (Phi) is 6.63. The minimum absolute atomic E-state index is 0.00556. The van der Waals surface area contributed by atoms with Crippen molar-refractivity contribution in [2.75, 3.05) is 24.3 Å². The van der Waals surface area contributed by atoms with Crippen LogP contribution in [0.25, 0.3) is 0 Å². The summed E-state index contributed by atoms with van der Waals surface area (Å²) < 4.78 is 52.8. The Morgan fingerprint density at radius 1 is 1.10 bits per heavy atom. The molecule has 0 saturated carbocycles. The number of rotatable bonds is 8. The maximum absolute atomic E-state index is 14.0. The first kappa shape index (κ1) is 21.7. The summed E-state index contributed by atoms with van der Waals surface area (Å²) in [7, 11) is -1.08. The summed E-state index contributed by atoms with van der Waals surface area (Å²) in [5, 5.41) is 3.16. The van der Waals surface area contributed by atoms with Gasteiger partial charge in [0.15, 0.2) is 11.5 Å². The van der Waals surface area contributed by atoms with Gasteiger partial charge in [0, 0.05) is 35.6 Å². The van der Waals surface area contributed by atoms with E-state index in [4.69, 9.17) is 21.1 Å². The van der Waals surface area contributed by atoms with Gasteiger partial charge < -0.3 is 14.8 Å². The van der Waals surface area contributed by atoms with Crippen molar-refractivity contribution in [2.45, 2.75) is 11.4 Å². The first-order chi connectivity index (χ1) is 14.4. The van der Waals surface area contributed by atoms with Crippen molar-refractivity contribution in [1.29, 1.82) is 0 Å². The molecule has 1 aromatic heterocycles. The number of nitrogens with one attached hydrogen (secondary N) is 2. The predicted molar refractivity (Wildman–Crippen MR) is 113 cm³/mol. The molecule has 0 saturated heterocycles. The minimum Gasteiger partial charge on any atom is -0.493 e. The van der Waals surface area contributed by atoms with Crippen LogP contribution in [0.1, 0.15) is 5.56 Å². The molecule has 0 aliphatic rings. The van der Waals surface area contributed by atoms with E-state index in [1.54, 1.807) is 18.2 Å². The summed E-state index contributed by atoms with van der Waals surface area (Å²) in [6, 6.07) is 10.4. The summed E-state index contributed by atoms with van der Waals surface area (Å²) in [6.45, 7) is -0.00556. The average molecular weight is 452 g/mol. The van der Waals surface area contributed by atoms with Crippen LogP contribution in [0.2, 0.25) is 5.02 Å². The maximum atomic E-state index is 14.0. The van der Waals surface area contributed by atoms with Gasteiger partial charge in [0.2, 0.25) is 0 Å². The van der Waals surface area contributed by atoms with Crippen LogP contribution in [0.3, 0.4) is 0 Å². The highest BCUT2D eigenvalue weighted by Crippen LogP contribution is 2.31. The van der Waals surface area contributed by atoms with Crippen LogP contribution in [0.4, 0.5) is 15.8 Å². The smallest absolute Gasteiger partial charge is 0.265 e. The topological polar surface area (TPSA) is 89.5 Å². The number of halogens is 2. The molecule has 158 valence electrons. The lowest BCUT2D eigenvalue weighted by molar-refractivity contribution is 0.355. The SMILES string of the molecule is COc1ccc(NS(=O)(=O)c2cnccc2NCc2c(F)cccc2Cl)cc1OC. The molecule has 0 atom stereocenters. The van der Waals surface area contributed by atoms with Crippen LogP contribution in [0.15, 0.2) is 59.8 Å². The van der Waals surface area contributed by atoms with Crippen LogP contribution in [-0.4, -0.2) is 27.6 Å². The Hall–Kier alpha value is -3.04. The molecule has 0 bridgehead atoms. The Bertz CT molecular complexity index is 1140. The van der Waals surface area contributed by atoms with E-state index >= 15 is 0 Å². The number of pyridine rings is 1. The molecule has 0 amide bonds. The number of nitrogens with zero attached hydrogens (tertiary/aromatic N) is 1. The van der Waals surface area contributed by atoms with Crippen molar-refractivity contribution in [3.05, 3.63) is 71.3 Å². The third kappa shape index (κ3) is 4.74. The normalized spacial score (nSPS) is 11.1. The molecular formula is C20H19ClFN3O4S. The van der Waals surface area contributed by atoms with Crippen LogP contribution in [0.5, 0.6) is 11.5 Å². The third-order valence-corrected chi connectivity index (χ3v) is 5.99. The molecule has 0 aliphatic carbocycles. The van der Waals surface area contributed by atoms with E-state index in [1.165, 1.54) is 50.9 Å². The highest BCUT2D eigenvalue weighted by Gasteiger charge is 2.20. The fraction of sp³-hybridized carbons (Fsp3) is 0.150. The molecule has 2 aromatic carbocycles. The van der Waals surface area contributed by atoms with Crippen molar-refractivity contribution in [1.82, 2.24) is 4.98 Å². The van der Waals surface area contributed by atoms with Gasteiger partial charge in [-0.2, -0.15) is 0 Å². The van der Waals surface area contributed by atoms with Crippen molar-refractivity contribution in [3.63, 3.8) is 0 Å². The number of sulfonamides is 1. The Labute approximate surface area is 178 Å². The number of benzene rings is 2. The van der Waals surface area contributed by atoms with Crippen molar-refractivity contribution in [3.8, 4) is 11.5 Å². The van der Waals surface area contributed by atoms with Gasteiger partial charge in [-0.05, 0) is 30.3 Å². The molecule has 0 fully saturated rings. The van der Waals surface area contributed by atoms with Gasteiger partial charge in [-0.25, -0.2) is 12.8 Å². The molecule has 0 aliphatic heterocycles. The van der Waals surface area contributed by atoms with E-state index in [1.807, 2.05) is 0 Å². The minimum atomic E-state index is -4.01. The standard InChI is InChI=1S/C20H19ClFN3O4S/c1-28-18-7-6-13(10-19(18)29-2)25-30(26,27)20-12-23-9-8-17(20)24-11-14-15(21)4-3-5-16(14)22/h3-10,12,25H,11H2,1-2H3,(H,23,24). The van der Waals surface area contributed by atoms with Crippen molar-refractivity contribution in [2.24, 2.45) is 0 Å². The zero-order valence-electron chi connectivity index (χ0n) is 16.1. The maximum Gasteiger partial charge on any atom is 0.265 e. The quantitative estimate of drug-likeness (QED) is 0.530. The number of aromatic nitrogens is 1. The molecule has 10 heteroatoms. The summed E-state index contributed by atoms with van der Waals surface area (Å²) >= 11 is 6.04. The van der Waals surface area contributed by atoms with Gasteiger partial charge in [0.05, 0.1) is 25.6 Å². The van der Waals surface area contributed by atoms with Crippen LogP contribution >= 0.6 is 11.6 Å². The highest BCUT2D eigenvalue weighted by atomic mass is 35.5. The molecule has 0 radical (unpaired) electrons. The monoisotopic (exact) mass is 451 g/mol. The van der Waals surface area contributed by atoms with Gasteiger partial charge >= 0.3 is 0 Å². The number of methoxy groups -OCH3 is 2. The lowest BCUT2D eigenvalue weighted by Crippen LogP contribution is -2.16. The average Bonchev–Trinajstić information content (AvgIpc) is 2.73. The predicted octanol–water partition coefficient (Wildman–Crippen LogP) is 4.30. The Morgan fingerprint density at radius 3 is 2.57 bits per heavy atom. The van der Waals surface area contributed by atoms with Crippen LogP contribution in [0, 0.1) is 5.82 Å². The first-order valence-corrected chi connectivity index (χ1v) is 10.6. The second kappa shape index (κ2) is 9.19. The van der Waals surface area contributed by atoms with Crippen molar-refractivity contribution < 1.29 is 22.3 Å². The Morgan fingerprint density at radius 2 is 1.87 bits per heavy atom. The molecular weight excluding hydrogens is 433 g/mol. The largest absolute Gasteiger partial charge is 0.493 e. The second-order valence-electron chi connectivity index (χ2n) is 6.10. The van der Waals surface area contributed by atoms with E-state index in [0.717, 1.165) is 0 Å². The van der Waals surface area contributed by atoms with E-state index < -0.39 is 15.8 Å². The molecule has 7 nitrogen and oxygen atoms in total. The first-order valence-electron chi connectivity index (χ1n) is 8.71.